The van der Waals surface area contributed by atoms with Crippen LogP contribution in [0.1, 0.15) is 39.0 Å². The number of fused-ring (bicyclic) bond motifs is 1. The van der Waals surface area contributed by atoms with Crippen LogP contribution in [0.2, 0.25) is 0 Å². The lowest BCUT2D eigenvalue weighted by Gasteiger charge is -2.41. The molecule has 0 radical (unpaired) electrons. The van der Waals surface area contributed by atoms with Crippen LogP contribution in [0, 0.1) is 5.41 Å². The molecular formula is C11H16O2. The number of hydrogen-bond acceptors (Lipinski definition) is 2. The Labute approximate surface area is 78.6 Å². The zero-order valence-electron chi connectivity index (χ0n) is 8.10. The van der Waals surface area contributed by atoms with E-state index in [2.05, 4.69) is 6.58 Å². The van der Waals surface area contributed by atoms with Gasteiger partial charge in [-0.3, -0.25) is 4.79 Å². The van der Waals surface area contributed by atoms with Gasteiger partial charge in [0.25, 0.3) is 0 Å². The third kappa shape index (κ3) is 1.01. The summed E-state index contributed by atoms with van der Waals surface area (Å²) in [7, 11) is 0. The zero-order chi connectivity index (χ0) is 9.69. The highest BCUT2D eigenvalue weighted by Gasteiger charge is 2.57. The van der Waals surface area contributed by atoms with Crippen molar-refractivity contribution in [2.24, 2.45) is 5.41 Å². The minimum absolute atomic E-state index is 0.222. The molecule has 0 aromatic carbocycles. The molecule has 1 N–H and O–H groups in total. The quantitative estimate of drug-likeness (QED) is 0.577. The molecule has 2 aliphatic carbocycles. The van der Waals surface area contributed by atoms with Crippen LogP contribution in [-0.2, 0) is 4.79 Å². The van der Waals surface area contributed by atoms with Gasteiger partial charge in [-0.25, -0.2) is 0 Å². The molecule has 0 unspecified atom stereocenters. The fourth-order valence-electron chi connectivity index (χ4n) is 2.88. The van der Waals surface area contributed by atoms with E-state index < -0.39 is 11.0 Å². The maximum Gasteiger partial charge on any atom is 0.141 e. The van der Waals surface area contributed by atoms with Crippen molar-refractivity contribution in [2.75, 3.05) is 0 Å². The van der Waals surface area contributed by atoms with Gasteiger partial charge in [0.1, 0.15) is 5.78 Å². The van der Waals surface area contributed by atoms with Crippen LogP contribution >= 0.6 is 0 Å². The van der Waals surface area contributed by atoms with Crippen molar-refractivity contribution in [3.63, 3.8) is 0 Å². The lowest BCUT2D eigenvalue weighted by molar-refractivity contribution is -0.149. The van der Waals surface area contributed by atoms with E-state index in [1.165, 1.54) is 0 Å². The van der Waals surface area contributed by atoms with Crippen LogP contribution in [0.3, 0.4) is 0 Å². The SMILES string of the molecule is C=C1C[C@]2(O)CCCC(=O)[C@]2(C)C1. The second kappa shape index (κ2) is 2.44. The molecular weight excluding hydrogens is 164 g/mol. The Kier molecular flexibility index (Phi) is 1.68. The van der Waals surface area contributed by atoms with Gasteiger partial charge in [0.2, 0.25) is 0 Å². The highest BCUT2D eigenvalue weighted by atomic mass is 16.3. The topological polar surface area (TPSA) is 37.3 Å². The molecule has 0 heterocycles. The molecule has 2 fully saturated rings. The number of aliphatic hydroxyl groups is 1. The van der Waals surface area contributed by atoms with Crippen LogP contribution in [0.5, 0.6) is 0 Å². The van der Waals surface area contributed by atoms with Crippen molar-refractivity contribution in [2.45, 2.75) is 44.6 Å². The van der Waals surface area contributed by atoms with Gasteiger partial charge < -0.3 is 5.11 Å². The third-order valence-corrected chi connectivity index (χ3v) is 3.78. The van der Waals surface area contributed by atoms with Gasteiger partial charge in [-0.15, -0.1) is 0 Å². The van der Waals surface area contributed by atoms with Crippen LogP contribution < -0.4 is 0 Å². The van der Waals surface area contributed by atoms with Gasteiger partial charge in [0.15, 0.2) is 0 Å². The molecule has 0 aromatic heterocycles. The summed E-state index contributed by atoms with van der Waals surface area (Å²) in [4.78, 5) is 11.7. The summed E-state index contributed by atoms with van der Waals surface area (Å²) in [6.07, 6.45) is 3.52. The molecule has 2 heteroatoms. The Balaban J connectivity index is 2.42. The Morgan fingerprint density at radius 2 is 2.15 bits per heavy atom. The molecule has 2 nitrogen and oxygen atoms in total. The van der Waals surface area contributed by atoms with Gasteiger partial charge in [-0.2, -0.15) is 0 Å². The summed E-state index contributed by atoms with van der Waals surface area (Å²) in [5.74, 6) is 0.222. The molecule has 0 aliphatic heterocycles. The lowest BCUT2D eigenvalue weighted by Crippen LogP contribution is -2.50. The predicted molar refractivity (Wildman–Crippen MR) is 50.3 cm³/mol. The molecule has 0 amide bonds. The second-order valence-corrected chi connectivity index (χ2v) is 4.74. The smallest absolute Gasteiger partial charge is 0.141 e. The first-order chi connectivity index (χ1) is 5.98. The molecule has 72 valence electrons. The molecule has 0 spiro atoms. The normalized spacial score (nSPS) is 45.1. The number of hydrogen-bond donors (Lipinski definition) is 1. The van der Waals surface area contributed by atoms with Crippen LogP contribution in [0.25, 0.3) is 0 Å². The molecule has 2 aliphatic rings. The van der Waals surface area contributed by atoms with E-state index in [0.29, 0.717) is 19.3 Å². The van der Waals surface area contributed by atoms with Crippen LogP contribution in [0.4, 0.5) is 0 Å². The third-order valence-electron chi connectivity index (χ3n) is 3.78. The maximum absolute atomic E-state index is 11.7. The van der Waals surface area contributed by atoms with Crippen LogP contribution in [-0.4, -0.2) is 16.5 Å². The first-order valence-electron chi connectivity index (χ1n) is 4.90. The number of ketones is 1. The van der Waals surface area contributed by atoms with Crippen molar-refractivity contribution in [3.8, 4) is 0 Å². The fraction of sp³-hybridized carbons (Fsp3) is 0.727. The first-order valence-corrected chi connectivity index (χ1v) is 4.90. The van der Waals surface area contributed by atoms with E-state index >= 15 is 0 Å². The Hall–Kier alpha value is -0.630. The molecule has 13 heavy (non-hydrogen) atoms. The van der Waals surface area contributed by atoms with Gasteiger partial charge >= 0.3 is 0 Å². The van der Waals surface area contributed by atoms with Gasteiger partial charge in [0, 0.05) is 6.42 Å². The molecule has 0 bridgehead atoms. The van der Waals surface area contributed by atoms with Crippen LogP contribution in [0.15, 0.2) is 12.2 Å². The van der Waals surface area contributed by atoms with Gasteiger partial charge in [-0.1, -0.05) is 12.2 Å². The fourth-order valence-corrected chi connectivity index (χ4v) is 2.88. The summed E-state index contributed by atoms with van der Waals surface area (Å²) in [6.45, 7) is 5.79. The zero-order valence-corrected chi connectivity index (χ0v) is 8.10. The van der Waals surface area contributed by atoms with Gasteiger partial charge in [-0.05, 0) is 32.6 Å². The summed E-state index contributed by atoms with van der Waals surface area (Å²) in [5, 5.41) is 10.3. The molecule has 0 saturated heterocycles. The highest BCUT2D eigenvalue weighted by molar-refractivity contribution is 5.87. The van der Waals surface area contributed by atoms with E-state index in [-0.39, 0.29) is 5.78 Å². The first kappa shape index (κ1) is 8.95. The van der Waals surface area contributed by atoms with Gasteiger partial charge in [0.05, 0.1) is 11.0 Å². The molecule has 2 rings (SSSR count). The highest BCUT2D eigenvalue weighted by Crippen LogP contribution is 2.54. The largest absolute Gasteiger partial charge is 0.389 e. The van der Waals surface area contributed by atoms with E-state index in [1.54, 1.807) is 0 Å². The van der Waals surface area contributed by atoms with Crippen molar-refractivity contribution in [1.29, 1.82) is 0 Å². The van der Waals surface area contributed by atoms with E-state index in [4.69, 9.17) is 0 Å². The van der Waals surface area contributed by atoms with Crippen molar-refractivity contribution in [3.05, 3.63) is 12.2 Å². The molecule has 2 atom stereocenters. The average molecular weight is 180 g/mol. The lowest BCUT2D eigenvalue weighted by atomic mass is 9.65. The minimum atomic E-state index is -0.778. The molecule has 2 saturated carbocycles. The van der Waals surface area contributed by atoms with Crippen molar-refractivity contribution >= 4 is 5.78 Å². The van der Waals surface area contributed by atoms with E-state index in [1.807, 2.05) is 6.92 Å². The minimum Gasteiger partial charge on any atom is -0.389 e. The standard InChI is InChI=1S/C11H16O2/c1-8-6-10(2)9(12)4-3-5-11(10,13)7-8/h13H,1,3-7H2,2H3/t10-,11+/m0/s1. The Bertz CT molecular complexity index is 282. The summed E-state index contributed by atoms with van der Waals surface area (Å²) in [5.41, 5.74) is -0.276. The number of carbonyl (C=O) groups excluding carboxylic acids is 1. The predicted octanol–water partition coefficient (Wildman–Crippen LogP) is 1.83. The van der Waals surface area contributed by atoms with Crippen molar-refractivity contribution in [1.82, 2.24) is 0 Å². The van der Waals surface area contributed by atoms with E-state index in [9.17, 15) is 9.90 Å². The average Bonchev–Trinajstić information content (AvgIpc) is 2.23. The maximum atomic E-state index is 11.7. The summed E-state index contributed by atoms with van der Waals surface area (Å²) in [6, 6.07) is 0. The summed E-state index contributed by atoms with van der Waals surface area (Å²) >= 11 is 0. The summed E-state index contributed by atoms with van der Waals surface area (Å²) < 4.78 is 0. The Morgan fingerprint density at radius 3 is 2.77 bits per heavy atom. The van der Waals surface area contributed by atoms with Crippen molar-refractivity contribution < 1.29 is 9.90 Å². The number of Topliss-reactive ketones (excluding diaryl/α,β-unsaturated/α-hetero) is 1. The number of rotatable bonds is 0. The van der Waals surface area contributed by atoms with E-state index in [0.717, 1.165) is 18.4 Å². The Morgan fingerprint density at radius 1 is 1.46 bits per heavy atom. The monoisotopic (exact) mass is 180 g/mol. The number of carbonyl (C=O) groups is 1. The molecule has 0 aromatic rings. The second-order valence-electron chi connectivity index (χ2n) is 4.74.